The smallest absolute Gasteiger partial charge is 0.206 e. The van der Waals surface area contributed by atoms with E-state index in [-0.39, 0.29) is 0 Å². The third-order valence-corrected chi connectivity index (χ3v) is 4.06. The molecule has 0 saturated carbocycles. The van der Waals surface area contributed by atoms with Crippen molar-refractivity contribution in [3.8, 4) is 11.1 Å². The van der Waals surface area contributed by atoms with E-state index in [1.54, 1.807) is 0 Å². The van der Waals surface area contributed by atoms with Gasteiger partial charge in [-0.1, -0.05) is 13.3 Å². The van der Waals surface area contributed by atoms with Crippen LogP contribution in [0.1, 0.15) is 25.5 Å². The average molecular weight is 309 g/mol. The molecule has 0 bridgehead atoms. The molecular weight excluding hydrogens is 286 g/mol. The van der Waals surface area contributed by atoms with Crippen molar-refractivity contribution < 1.29 is 0 Å². The van der Waals surface area contributed by atoms with Crippen LogP contribution in [0.15, 0.2) is 30.6 Å². The van der Waals surface area contributed by atoms with Crippen molar-refractivity contribution in [2.24, 2.45) is 7.05 Å². The first-order valence-electron chi connectivity index (χ1n) is 8.06. The molecule has 3 aromatic rings. The highest BCUT2D eigenvalue weighted by molar-refractivity contribution is 5.82. The van der Waals surface area contributed by atoms with Crippen LogP contribution in [0.4, 0.5) is 5.95 Å². The number of rotatable bonds is 5. The van der Waals surface area contributed by atoms with Crippen LogP contribution in [-0.4, -0.2) is 33.6 Å². The van der Waals surface area contributed by atoms with Gasteiger partial charge in [0.2, 0.25) is 5.95 Å². The Hall–Kier alpha value is -2.43. The summed E-state index contributed by atoms with van der Waals surface area (Å²) in [5.74, 6) is 0.917. The molecule has 0 atom stereocenters. The van der Waals surface area contributed by atoms with Crippen LogP contribution in [0.2, 0.25) is 0 Å². The number of aryl methyl sites for hydroxylation is 2. The number of unbranched alkanes of at least 4 members (excludes halogenated alkanes) is 1. The lowest BCUT2D eigenvalue weighted by molar-refractivity contribution is 0.777. The van der Waals surface area contributed by atoms with E-state index < -0.39 is 0 Å². The standard InChI is InChI=1S/C18H23N5/c1-5-6-7-15-14(13-8-10-19-11-9-13)12-16-17(20-15)23(4)18(21-16)22(2)3/h8-12H,5-7H2,1-4H3. The van der Waals surface area contributed by atoms with Crippen LogP contribution in [-0.2, 0) is 13.5 Å². The van der Waals surface area contributed by atoms with Gasteiger partial charge in [0.25, 0.3) is 0 Å². The predicted molar refractivity (Wildman–Crippen MR) is 94.7 cm³/mol. The van der Waals surface area contributed by atoms with Crippen molar-refractivity contribution in [2.75, 3.05) is 19.0 Å². The highest BCUT2D eigenvalue weighted by atomic mass is 15.3. The van der Waals surface area contributed by atoms with Gasteiger partial charge < -0.3 is 4.90 Å². The van der Waals surface area contributed by atoms with Crippen molar-refractivity contribution in [3.63, 3.8) is 0 Å². The van der Waals surface area contributed by atoms with Gasteiger partial charge in [0, 0.05) is 39.1 Å². The summed E-state index contributed by atoms with van der Waals surface area (Å²) in [5.41, 5.74) is 5.33. The minimum Gasteiger partial charge on any atom is -0.348 e. The van der Waals surface area contributed by atoms with Crippen LogP contribution < -0.4 is 4.90 Å². The Morgan fingerprint density at radius 3 is 2.52 bits per heavy atom. The Morgan fingerprint density at radius 1 is 1.13 bits per heavy atom. The maximum Gasteiger partial charge on any atom is 0.206 e. The molecule has 23 heavy (non-hydrogen) atoms. The third-order valence-electron chi connectivity index (χ3n) is 4.06. The van der Waals surface area contributed by atoms with Crippen LogP contribution in [0, 0.1) is 0 Å². The number of hydrogen-bond donors (Lipinski definition) is 0. The Morgan fingerprint density at radius 2 is 1.87 bits per heavy atom. The van der Waals surface area contributed by atoms with Gasteiger partial charge in [0.05, 0.1) is 5.69 Å². The molecule has 3 rings (SSSR count). The fourth-order valence-electron chi connectivity index (χ4n) is 2.85. The van der Waals surface area contributed by atoms with Crippen LogP contribution in [0.5, 0.6) is 0 Å². The lowest BCUT2D eigenvalue weighted by Gasteiger charge is -2.11. The summed E-state index contributed by atoms with van der Waals surface area (Å²) in [6.07, 6.45) is 6.92. The van der Waals surface area contributed by atoms with Gasteiger partial charge in [-0.05, 0) is 36.6 Å². The van der Waals surface area contributed by atoms with Crippen molar-refractivity contribution in [1.82, 2.24) is 19.5 Å². The lowest BCUT2D eigenvalue weighted by Crippen LogP contribution is -2.13. The van der Waals surface area contributed by atoms with E-state index in [9.17, 15) is 0 Å². The highest BCUT2D eigenvalue weighted by Gasteiger charge is 2.15. The fraction of sp³-hybridized carbons (Fsp3) is 0.389. The molecule has 120 valence electrons. The van der Waals surface area contributed by atoms with E-state index in [2.05, 4.69) is 22.5 Å². The van der Waals surface area contributed by atoms with E-state index >= 15 is 0 Å². The molecule has 5 heteroatoms. The van der Waals surface area contributed by atoms with E-state index in [0.29, 0.717) is 0 Å². The van der Waals surface area contributed by atoms with Gasteiger partial charge in [-0.3, -0.25) is 9.55 Å². The molecule has 0 spiro atoms. The Balaban J connectivity index is 2.20. The first kappa shape index (κ1) is 15.5. The molecule has 0 aliphatic heterocycles. The Kier molecular flexibility index (Phi) is 4.28. The first-order valence-corrected chi connectivity index (χ1v) is 8.06. The Labute approximate surface area is 137 Å². The molecule has 0 saturated heterocycles. The van der Waals surface area contributed by atoms with Gasteiger partial charge in [-0.2, -0.15) is 0 Å². The zero-order valence-electron chi connectivity index (χ0n) is 14.2. The summed E-state index contributed by atoms with van der Waals surface area (Å²) < 4.78 is 2.06. The summed E-state index contributed by atoms with van der Waals surface area (Å²) in [7, 11) is 6.03. The lowest BCUT2D eigenvalue weighted by atomic mass is 10.0. The summed E-state index contributed by atoms with van der Waals surface area (Å²) in [6, 6.07) is 6.23. The number of anilines is 1. The average Bonchev–Trinajstić information content (AvgIpc) is 2.89. The maximum absolute atomic E-state index is 4.95. The second-order valence-corrected chi connectivity index (χ2v) is 6.03. The number of aromatic nitrogens is 4. The monoisotopic (exact) mass is 309 g/mol. The molecule has 0 aromatic carbocycles. The van der Waals surface area contributed by atoms with Gasteiger partial charge in [0.15, 0.2) is 5.65 Å². The Bertz CT molecular complexity index is 805. The third kappa shape index (κ3) is 2.91. The first-order chi connectivity index (χ1) is 11.1. The summed E-state index contributed by atoms with van der Waals surface area (Å²) in [6.45, 7) is 2.21. The molecule has 3 heterocycles. The number of nitrogens with zero attached hydrogens (tertiary/aromatic N) is 5. The summed E-state index contributed by atoms with van der Waals surface area (Å²) >= 11 is 0. The SMILES string of the molecule is CCCCc1nc2c(cc1-c1ccncc1)nc(N(C)C)n2C. The minimum atomic E-state index is 0.917. The van der Waals surface area contributed by atoms with Gasteiger partial charge in [-0.15, -0.1) is 0 Å². The van der Waals surface area contributed by atoms with Crippen molar-refractivity contribution >= 4 is 17.1 Å². The predicted octanol–water partition coefficient (Wildman–Crippen LogP) is 3.44. The molecule has 0 aliphatic rings. The fourth-order valence-corrected chi connectivity index (χ4v) is 2.85. The quantitative estimate of drug-likeness (QED) is 0.724. The van der Waals surface area contributed by atoms with E-state index in [1.165, 1.54) is 0 Å². The minimum absolute atomic E-state index is 0.917. The second-order valence-electron chi connectivity index (χ2n) is 6.03. The highest BCUT2D eigenvalue weighted by Crippen LogP contribution is 2.28. The number of pyridine rings is 2. The number of imidazole rings is 1. The van der Waals surface area contributed by atoms with Crippen LogP contribution >= 0.6 is 0 Å². The van der Waals surface area contributed by atoms with Crippen molar-refractivity contribution in [1.29, 1.82) is 0 Å². The summed E-state index contributed by atoms with van der Waals surface area (Å²) in [5, 5.41) is 0. The van der Waals surface area contributed by atoms with E-state index in [0.717, 1.165) is 53.2 Å². The largest absolute Gasteiger partial charge is 0.348 e. The van der Waals surface area contributed by atoms with Crippen LogP contribution in [0.25, 0.3) is 22.3 Å². The maximum atomic E-state index is 4.95. The normalized spacial score (nSPS) is 11.1. The summed E-state index contributed by atoms with van der Waals surface area (Å²) in [4.78, 5) is 15.8. The van der Waals surface area contributed by atoms with Crippen LogP contribution in [0.3, 0.4) is 0 Å². The molecule has 0 aliphatic carbocycles. The number of fused-ring (bicyclic) bond motifs is 1. The van der Waals surface area contributed by atoms with Gasteiger partial charge in [0.1, 0.15) is 5.52 Å². The van der Waals surface area contributed by atoms with E-state index in [1.807, 2.05) is 50.6 Å². The topological polar surface area (TPSA) is 46.8 Å². The zero-order valence-corrected chi connectivity index (χ0v) is 14.2. The number of hydrogen-bond acceptors (Lipinski definition) is 4. The molecule has 3 aromatic heterocycles. The second kappa shape index (κ2) is 6.36. The van der Waals surface area contributed by atoms with E-state index in [4.69, 9.17) is 9.97 Å². The molecule has 5 nitrogen and oxygen atoms in total. The van der Waals surface area contributed by atoms with Gasteiger partial charge >= 0.3 is 0 Å². The van der Waals surface area contributed by atoms with Crippen molar-refractivity contribution in [2.45, 2.75) is 26.2 Å². The molecule has 0 radical (unpaired) electrons. The molecule has 0 amide bonds. The molecule has 0 N–H and O–H groups in total. The molecule has 0 fully saturated rings. The molecule has 0 unspecified atom stereocenters. The zero-order chi connectivity index (χ0) is 16.4. The van der Waals surface area contributed by atoms with Gasteiger partial charge in [-0.25, -0.2) is 9.97 Å². The molecular formula is C18H23N5. The van der Waals surface area contributed by atoms with Crippen molar-refractivity contribution in [3.05, 3.63) is 36.3 Å².